The van der Waals surface area contributed by atoms with E-state index in [1.165, 1.54) is 0 Å². The number of rotatable bonds is 3. The predicted octanol–water partition coefficient (Wildman–Crippen LogP) is 1.34. The van der Waals surface area contributed by atoms with Crippen LogP contribution >= 0.6 is 0 Å². The van der Waals surface area contributed by atoms with Crippen molar-refractivity contribution in [2.45, 2.75) is 26.9 Å². The summed E-state index contributed by atoms with van der Waals surface area (Å²) in [6.07, 6.45) is 2.66. The average molecular weight is 114 g/mol. The summed E-state index contributed by atoms with van der Waals surface area (Å²) in [4.78, 5) is 3.74. The highest BCUT2D eigenvalue weighted by Crippen LogP contribution is 1.81. The summed E-state index contributed by atoms with van der Waals surface area (Å²) >= 11 is 0. The quantitative estimate of drug-likeness (QED) is 0.400. The summed E-state index contributed by atoms with van der Waals surface area (Å²) in [5.74, 6) is 0. The molecule has 0 heterocycles. The van der Waals surface area contributed by atoms with Crippen LogP contribution in [0.4, 0.5) is 0 Å². The standard InChI is InChI=1S/C6H12NO/c1-4-7-5-8-6(2)3/h6H,4H2,1-3H3. The second-order valence-corrected chi connectivity index (χ2v) is 1.73. The zero-order valence-electron chi connectivity index (χ0n) is 5.64. The number of nitrogens with zero attached hydrogens (tertiary/aromatic N) is 1. The van der Waals surface area contributed by atoms with E-state index in [1.807, 2.05) is 20.8 Å². The van der Waals surface area contributed by atoms with Gasteiger partial charge in [0.15, 0.2) is 0 Å². The van der Waals surface area contributed by atoms with E-state index < -0.39 is 0 Å². The maximum absolute atomic E-state index is 4.87. The highest BCUT2D eigenvalue weighted by molar-refractivity contribution is 5.46. The van der Waals surface area contributed by atoms with Crippen molar-refractivity contribution >= 4 is 6.40 Å². The third-order valence-corrected chi connectivity index (χ3v) is 0.511. The molecular weight excluding hydrogens is 102 g/mol. The summed E-state index contributed by atoms with van der Waals surface area (Å²) in [5, 5.41) is 0. The lowest BCUT2D eigenvalue weighted by Crippen LogP contribution is -1.99. The smallest absolute Gasteiger partial charge is 0.273 e. The van der Waals surface area contributed by atoms with Gasteiger partial charge < -0.3 is 4.74 Å². The summed E-state index contributed by atoms with van der Waals surface area (Å²) in [5.41, 5.74) is 0. The van der Waals surface area contributed by atoms with Crippen LogP contribution in [-0.4, -0.2) is 19.0 Å². The molecule has 0 amide bonds. The Balaban J connectivity index is 3.03. The average Bonchev–Trinajstić information content (AvgIpc) is 1.66. The zero-order chi connectivity index (χ0) is 6.41. The van der Waals surface area contributed by atoms with Crippen LogP contribution in [0.2, 0.25) is 0 Å². The highest BCUT2D eigenvalue weighted by atomic mass is 16.5. The van der Waals surface area contributed by atoms with Crippen molar-refractivity contribution < 1.29 is 4.74 Å². The molecule has 0 aromatic rings. The molecule has 0 unspecified atom stereocenters. The fourth-order valence-electron chi connectivity index (χ4n) is 0.207. The molecule has 0 bridgehead atoms. The van der Waals surface area contributed by atoms with Crippen LogP contribution in [0, 0.1) is 0 Å². The highest BCUT2D eigenvalue weighted by Gasteiger charge is 1.85. The van der Waals surface area contributed by atoms with Crippen molar-refractivity contribution in [2.75, 3.05) is 6.54 Å². The van der Waals surface area contributed by atoms with Gasteiger partial charge in [-0.3, -0.25) is 0 Å². The Hall–Kier alpha value is -0.530. The van der Waals surface area contributed by atoms with E-state index in [2.05, 4.69) is 11.4 Å². The van der Waals surface area contributed by atoms with Crippen molar-refractivity contribution in [1.82, 2.24) is 0 Å². The van der Waals surface area contributed by atoms with Crippen LogP contribution < -0.4 is 0 Å². The van der Waals surface area contributed by atoms with Gasteiger partial charge in [-0.1, -0.05) is 0 Å². The van der Waals surface area contributed by atoms with Crippen LogP contribution in [0.5, 0.6) is 0 Å². The summed E-state index contributed by atoms with van der Waals surface area (Å²) in [6.45, 7) is 6.57. The molecule has 0 saturated heterocycles. The number of ether oxygens (including phenoxy) is 1. The van der Waals surface area contributed by atoms with E-state index in [0.717, 1.165) is 6.54 Å². The minimum Gasteiger partial charge on any atom is -0.471 e. The molecule has 0 N–H and O–H groups in total. The Morgan fingerprint density at radius 3 is 2.62 bits per heavy atom. The molecule has 0 saturated carbocycles. The molecule has 47 valence electrons. The topological polar surface area (TPSA) is 21.6 Å². The number of hydrogen-bond acceptors (Lipinski definition) is 2. The summed E-state index contributed by atoms with van der Waals surface area (Å²) < 4.78 is 4.87. The predicted molar refractivity (Wildman–Crippen MR) is 34.2 cm³/mol. The molecular formula is C6H12NO. The normalized spacial score (nSPS) is 11.0. The lowest BCUT2D eigenvalue weighted by atomic mass is 10.5. The first kappa shape index (κ1) is 7.47. The first-order valence-electron chi connectivity index (χ1n) is 2.84. The van der Waals surface area contributed by atoms with Gasteiger partial charge in [0.25, 0.3) is 6.40 Å². The lowest BCUT2D eigenvalue weighted by Gasteiger charge is -1.98. The largest absolute Gasteiger partial charge is 0.471 e. The van der Waals surface area contributed by atoms with E-state index in [0.29, 0.717) is 0 Å². The van der Waals surface area contributed by atoms with Crippen molar-refractivity contribution in [3.05, 3.63) is 0 Å². The first-order chi connectivity index (χ1) is 3.77. The fourth-order valence-corrected chi connectivity index (χ4v) is 0.207. The van der Waals surface area contributed by atoms with Gasteiger partial charge in [0.05, 0.1) is 6.10 Å². The number of hydrogen-bond donors (Lipinski definition) is 0. The molecule has 0 atom stereocenters. The zero-order valence-corrected chi connectivity index (χ0v) is 5.64. The minimum absolute atomic E-state index is 0.199. The molecule has 2 nitrogen and oxygen atoms in total. The summed E-state index contributed by atoms with van der Waals surface area (Å²) in [7, 11) is 0. The van der Waals surface area contributed by atoms with Gasteiger partial charge in [0, 0.05) is 6.54 Å². The van der Waals surface area contributed by atoms with E-state index in [9.17, 15) is 0 Å². The molecule has 1 radical (unpaired) electrons. The minimum atomic E-state index is 0.199. The van der Waals surface area contributed by atoms with Crippen LogP contribution in [0.3, 0.4) is 0 Å². The SMILES string of the molecule is CC/N=[C]/OC(C)C. The van der Waals surface area contributed by atoms with Crippen molar-refractivity contribution in [3.8, 4) is 0 Å². The molecule has 2 heteroatoms. The second kappa shape index (κ2) is 4.62. The van der Waals surface area contributed by atoms with Crippen LogP contribution in [-0.2, 0) is 4.74 Å². The molecule has 8 heavy (non-hydrogen) atoms. The Bertz CT molecular complexity index is 68.9. The third kappa shape index (κ3) is 5.47. The Labute approximate surface area is 50.6 Å². The van der Waals surface area contributed by atoms with E-state index in [4.69, 9.17) is 4.74 Å². The van der Waals surface area contributed by atoms with Crippen molar-refractivity contribution in [1.29, 1.82) is 0 Å². The maximum Gasteiger partial charge on any atom is 0.273 e. The fraction of sp³-hybridized carbons (Fsp3) is 0.833. The summed E-state index contributed by atoms with van der Waals surface area (Å²) in [6, 6.07) is 0. The van der Waals surface area contributed by atoms with Gasteiger partial charge in [0.1, 0.15) is 0 Å². The monoisotopic (exact) mass is 114 g/mol. The molecule has 0 aliphatic heterocycles. The van der Waals surface area contributed by atoms with Gasteiger partial charge in [-0.25, -0.2) is 4.99 Å². The Morgan fingerprint density at radius 1 is 1.62 bits per heavy atom. The number of aliphatic imine (C=N–C) groups is 1. The molecule has 0 fully saturated rings. The van der Waals surface area contributed by atoms with Crippen molar-refractivity contribution in [2.24, 2.45) is 4.99 Å². The van der Waals surface area contributed by atoms with Gasteiger partial charge in [-0.2, -0.15) is 0 Å². The molecule has 0 aliphatic rings. The third-order valence-electron chi connectivity index (χ3n) is 0.511. The van der Waals surface area contributed by atoms with E-state index in [-0.39, 0.29) is 6.10 Å². The van der Waals surface area contributed by atoms with Crippen LogP contribution in [0.1, 0.15) is 20.8 Å². The van der Waals surface area contributed by atoms with Crippen molar-refractivity contribution in [3.63, 3.8) is 0 Å². The van der Waals surface area contributed by atoms with Crippen LogP contribution in [0.25, 0.3) is 0 Å². The van der Waals surface area contributed by atoms with E-state index >= 15 is 0 Å². The first-order valence-corrected chi connectivity index (χ1v) is 2.84. The Kier molecular flexibility index (Phi) is 4.32. The lowest BCUT2D eigenvalue weighted by molar-refractivity contribution is 0.240. The van der Waals surface area contributed by atoms with Crippen LogP contribution in [0.15, 0.2) is 4.99 Å². The second-order valence-electron chi connectivity index (χ2n) is 1.73. The van der Waals surface area contributed by atoms with Gasteiger partial charge in [0.2, 0.25) is 0 Å². The molecule has 0 rings (SSSR count). The van der Waals surface area contributed by atoms with E-state index in [1.54, 1.807) is 0 Å². The van der Waals surface area contributed by atoms with Gasteiger partial charge in [-0.05, 0) is 20.8 Å². The molecule has 0 aromatic heterocycles. The maximum atomic E-state index is 4.87. The van der Waals surface area contributed by atoms with Gasteiger partial charge >= 0.3 is 0 Å². The molecule has 0 spiro atoms. The molecule has 0 aliphatic carbocycles. The van der Waals surface area contributed by atoms with Gasteiger partial charge in [-0.15, -0.1) is 0 Å². The molecule has 0 aromatic carbocycles. The Morgan fingerprint density at radius 2 is 2.25 bits per heavy atom.